The van der Waals surface area contributed by atoms with Gasteiger partial charge in [-0.2, -0.15) is 13.2 Å². The second-order valence-corrected chi connectivity index (χ2v) is 4.32. The van der Waals surface area contributed by atoms with E-state index in [4.69, 9.17) is 5.11 Å². The third-order valence-electron chi connectivity index (χ3n) is 2.71. The molecule has 0 aliphatic rings. The Hall–Kier alpha value is -1.59. The van der Waals surface area contributed by atoms with Crippen LogP contribution in [0.25, 0.3) is 0 Å². The Morgan fingerprint density at radius 3 is 2.58 bits per heavy atom. The molecule has 0 aliphatic carbocycles. The minimum atomic E-state index is -4.39. The molecule has 3 nitrogen and oxygen atoms in total. The van der Waals surface area contributed by atoms with Gasteiger partial charge in [-0.15, -0.1) is 0 Å². The maximum absolute atomic E-state index is 12.6. The van der Waals surface area contributed by atoms with Crippen LogP contribution in [-0.2, 0) is 23.8 Å². The number of carboxylic acid groups (broad SMARTS) is 1. The number of hydrogen-bond acceptors (Lipinski definition) is 2. The molecule has 0 spiro atoms. The van der Waals surface area contributed by atoms with Crippen LogP contribution < -0.4 is 0 Å². The third kappa shape index (κ3) is 4.89. The van der Waals surface area contributed by atoms with Gasteiger partial charge in [0.05, 0.1) is 5.56 Å². The molecular formula is C13H16F3NO2. The number of aryl methyl sites for hydroxylation is 2. The summed E-state index contributed by atoms with van der Waals surface area (Å²) in [5, 5.41) is 8.55. The van der Waals surface area contributed by atoms with Gasteiger partial charge in [-0.25, -0.2) is 0 Å². The van der Waals surface area contributed by atoms with Crippen LogP contribution in [0.4, 0.5) is 13.2 Å². The molecule has 1 aromatic rings. The molecule has 1 rings (SSSR count). The topological polar surface area (TPSA) is 50.2 Å². The zero-order chi connectivity index (χ0) is 14.5. The minimum absolute atomic E-state index is 0.00569. The lowest BCUT2D eigenvalue weighted by molar-refractivity contribution is -0.138. The number of pyridine rings is 1. The van der Waals surface area contributed by atoms with Crippen molar-refractivity contribution in [3.8, 4) is 0 Å². The van der Waals surface area contributed by atoms with E-state index in [9.17, 15) is 18.0 Å². The van der Waals surface area contributed by atoms with Crippen LogP contribution in [0, 0.1) is 0 Å². The van der Waals surface area contributed by atoms with Crippen molar-refractivity contribution >= 4 is 5.97 Å². The number of aliphatic carboxylic acids is 1. The Kier molecular flexibility index (Phi) is 5.32. The largest absolute Gasteiger partial charge is 0.481 e. The maximum atomic E-state index is 12.6. The zero-order valence-electron chi connectivity index (χ0n) is 10.6. The Morgan fingerprint density at radius 2 is 2.05 bits per heavy atom. The van der Waals surface area contributed by atoms with Gasteiger partial charge in [0.2, 0.25) is 0 Å². The highest BCUT2D eigenvalue weighted by Crippen LogP contribution is 2.30. The predicted molar refractivity (Wildman–Crippen MR) is 63.8 cm³/mol. The first-order valence-corrected chi connectivity index (χ1v) is 6.11. The van der Waals surface area contributed by atoms with Crippen LogP contribution in [0.15, 0.2) is 12.3 Å². The molecule has 106 valence electrons. The molecule has 19 heavy (non-hydrogen) atoms. The highest BCUT2D eigenvalue weighted by molar-refractivity contribution is 5.66. The summed E-state index contributed by atoms with van der Waals surface area (Å²) in [7, 11) is 0. The average molecular weight is 275 g/mol. The lowest BCUT2D eigenvalue weighted by Crippen LogP contribution is -2.09. The number of rotatable bonds is 6. The molecule has 0 bridgehead atoms. The fraction of sp³-hybridized carbons (Fsp3) is 0.538. The molecule has 0 saturated heterocycles. The van der Waals surface area contributed by atoms with Gasteiger partial charge in [-0.05, 0) is 30.9 Å². The van der Waals surface area contributed by atoms with Crippen LogP contribution in [0.2, 0.25) is 0 Å². The van der Waals surface area contributed by atoms with E-state index < -0.39 is 17.7 Å². The molecule has 1 aromatic heterocycles. The Bertz CT molecular complexity index is 444. The van der Waals surface area contributed by atoms with Crippen molar-refractivity contribution in [3.63, 3.8) is 0 Å². The van der Waals surface area contributed by atoms with Gasteiger partial charge < -0.3 is 5.11 Å². The summed E-state index contributed by atoms with van der Waals surface area (Å²) < 4.78 is 37.7. The minimum Gasteiger partial charge on any atom is -0.481 e. The SMILES string of the molecule is CCCc1cc(C(F)(F)F)cnc1CCCC(=O)O. The Labute approximate surface area is 109 Å². The van der Waals surface area contributed by atoms with Gasteiger partial charge in [0.25, 0.3) is 0 Å². The van der Waals surface area contributed by atoms with Crippen molar-refractivity contribution < 1.29 is 23.1 Å². The van der Waals surface area contributed by atoms with E-state index in [-0.39, 0.29) is 6.42 Å². The fourth-order valence-electron chi connectivity index (χ4n) is 1.81. The van der Waals surface area contributed by atoms with E-state index in [0.29, 0.717) is 30.5 Å². The normalized spacial score (nSPS) is 11.6. The summed E-state index contributed by atoms with van der Waals surface area (Å²) in [6, 6.07) is 1.12. The van der Waals surface area contributed by atoms with Gasteiger partial charge in [0, 0.05) is 18.3 Å². The standard InChI is InChI=1S/C13H16F3NO2/c1-2-4-9-7-10(13(14,15)16)8-17-11(9)5-3-6-12(18)19/h7-8H,2-6H2,1H3,(H,18,19). The summed E-state index contributed by atoms with van der Waals surface area (Å²) >= 11 is 0. The summed E-state index contributed by atoms with van der Waals surface area (Å²) in [5.74, 6) is -0.913. The molecule has 0 atom stereocenters. The molecule has 0 fully saturated rings. The molecule has 0 radical (unpaired) electrons. The van der Waals surface area contributed by atoms with E-state index in [2.05, 4.69) is 4.98 Å². The van der Waals surface area contributed by atoms with Crippen LogP contribution in [0.1, 0.15) is 43.0 Å². The zero-order valence-corrected chi connectivity index (χ0v) is 10.6. The third-order valence-corrected chi connectivity index (χ3v) is 2.71. The molecule has 0 amide bonds. The van der Waals surface area contributed by atoms with Gasteiger partial charge in [-0.3, -0.25) is 9.78 Å². The second kappa shape index (κ2) is 6.54. The van der Waals surface area contributed by atoms with Crippen molar-refractivity contribution in [1.82, 2.24) is 4.98 Å². The highest BCUT2D eigenvalue weighted by atomic mass is 19.4. The summed E-state index contributed by atoms with van der Waals surface area (Å²) in [6.07, 6.45) is -1.59. The quantitative estimate of drug-likeness (QED) is 0.865. The smallest absolute Gasteiger partial charge is 0.417 e. The lowest BCUT2D eigenvalue weighted by Gasteiger charge is -2.12. The predicted octanol–water partition coefficient (Wildman–Crippen LogP) is 3.46. The molecule has 1 N–H and O–H groups in total. The maximum Gasteiger partial charge on any atom is 0.417 e. The first-order chi connectivity index (χ1) is 8.84. The summed E-state index contributed by atoms with van der Waals surface area (Å²) in [6.45, 7) is 1.88. The van der Waals surface area contributed by atoms with E-state index in [1.54, 1.807) is 0 Å². The van der Waals surface area contributed by atoms with E-state index in [1.165, 1.54) is 0 Å². The Balaban J connectivity index is 2.88. The van der Waals surface area contributed by atoms with E-state index in [1.807, 2.05) is 6.92 Å². The monoisotopic (exact) mass is 275 g/mol. The average Bonchev–Trinajstić information content (AvgIpc) is 2.29. The highest BCUT2D eigenvalue weighted by Gasteiger charge is 2.31. The van der Waals surface area contributed by atoms with Crippen LogP contribution >= 0.6 is 0 Å². The first kappa shape index (κ1) is 15.5. The van der Waals surface area contributed by atoms with Gasteiger partial charge in [0.15, 0.2) is 0 Å². The number of carboxylic acids is 1. The number of aromatic nitrogens is 1. The Morgan fingerprint density at radius 1 is 1.37 bits per heavy atom. The van der Waals surface area contributed by atoms with Crippen molar-refractivity contribution in [2.24, 2.45) is 0 Å². The molecule has 6 heteroatoms. The van der Waals surface area contributed by atoms with Crippen LogP contribution in [-0.4, -0.2) is 16.1 Å². The molecular weight excluding hydrogens is 259 g/mol. The molecule has 0 aliphatic heterocycles. The molecule has 1 heterocycles. The fourth-order valence-corrected chi connectivity index (χ4v) is 1.81. The molecule has 0 saturated carbocycles. The van der Waals surface area contributed by atoms with Crippen LogP contribution in [0.3, 0.4) is 0 Å². The number of halogens is 3. The number of nitrogens with zero attached hydrogens (tertiary/aromatic N) is 1. The van der Waals surface area contributed by atoms with Crippen molar-refractivity contribution in [3.05, 3.63) is 29.1 Å². The van der Waals surface area contributed by atoms with Gasteiger partial charge in [-0.1, -0.05) is 13.3 Å². The number of hydrogen-bond donors (Lipinski definition) is 1. The van der Waals surface area contributed by atoms with Crippen LogP contribution in [0.5, 0.6) is 0 Å². The molecule has 0 unspecified atom stereocenters. The van der Waals surface area contributed by atoms with Gasteiger partial charge >= 0.3 is 12.1 Å². The van der Waals surface area contributed by atoms with Crippen molar-refractivity contribution in [2.45, 2.75) is 45.2 Å². The number of carbonyl (C=O) groups is 1. The van der Waals surface area contributed by atoms with Gasteiger partial charge in [0.1, 0.15) is 0 Å². The number of alkyl halides is 3. The molecule has 0 aromatic carbocycles. The van der Waals surface area contributed by atoms with E-state index in [0.717, 1.165) is 18.7 Å². The van der Waals surface area contributed by atoms with Crippen molar-refractivity contribution in [1.29, 1.82) is 0 Å². The van der Waals surface area contributed by atoms with E-state index >= 15 is 0 Å². The summed E-state index contributed by atoms with van der Waals surface area (Å²) in [5.41, 5.74) is 0.372. The second-order valence-electron chi connectivity index (χ2n) is 4.32. The summed E-state index contributed by atoms with van der Waals surface area (Å²) in [4.78, 5) is 14.3. The lowest BCUT2D eigenvalue weighted by atomic mass is 10.0. The first-order valence-electron chi connectivity index (χ1n) is 6.11. The van der Waals surface area contributed by atoms with Crippen molar-refractivity contribution in [2.75, 3.05) is 0 Å².